The third kappa shape index (κ3) is 6.28. The highest BCUT2D eigenvalue weighted by molar-refractivity contribution is 6.01. The van der Waals surface area contributed by atoms with E-state index in [1.807, 2.05) is 24.3 Å². The highest BCUT2D eigenvalue weighted by Crippen LogP contribution is 2.32. The van der Waals surface area contributed by atoms with Crippen LogP contribution in [0.3, 0.4) is 0 Å². The number of urea groups is 1. The van der Waals surface area contributed by atoms with Crippen molar-refractivity contribution in [1.82, 2.24) is 10.2 Å². The first kappa shape index (κ1) is 21.3. The Hall–Kier alpha value is -3.46. The Kier molecular flexibility index (Phi) is 7.34. The molecule has 0 unspecified atom stereocenters. The molecule has 2 aromatic carbocycles. The van der Waals surface area contributed by atoms with Crippen LogP contribution in [0.4, 0.5) is 10.5 Å². The van der Waals surface area contributed by atoms with Gasteiger partial charge >= 0.3 is 6.03 Å². The Morgan fingerprint density at radius 3 is 2.47 bits per heavy atom. The minimum atomic E-state index is -0.612. The SMILES string of the molecule is COc1ccc(OCCN(C)CC(=O)NC(=O)Nc2ccc3c(c2)OCCO3)cc1. The van der Waals surface area contributed by atoms with Crippen LogP contribution in [0.5, 0.6) is 23.0 Å². The number of methoxy groups -OCH3 is 1. The van der Waals surface area contributed by atoms with Crippen molar-refractivity contribution in [3.05, 3.63) is 42.5 Å². The molecule has 0 aliphatic carbocycles. The summed E-state index contributed by atoms with van der Waals surface area (Å²) in [6.45, 7) is 1.92. The molecular formula is C21H25N3O6. The molecule has 0 spiro atoms. The number of nitrogens with one attached hydrogen (secondary N) is 2. The second-order valence-electron chi connectivity index (χ2n) is 6.62. The molecular weight excluding hydrogens is 390 g/mol. The number of anilines is 1. The fraction of sp³-hybridized carbons (Fsp3) is 0.333. The lowest BCUT2D eigenvalue weighted by molar-refractivity contribution is -0.120. The smallest absolute Gasteiger partial charge is 0.325 e. The quantitative estimate of drug-likeness (QED) is 0.681. The van der Waals surface area contributed by atoms with Gasteiger partial charge in [0.05, 0.1) is 13.7 Å². The van der Waals surface area contributed by atoms with Gasteiger partial charge in [-0.05, 0) is 43.4 Å². The summed E-state index contributed by atoms with van der Waals surface area (Å²) < 4.78 is 21.6. The zero-order valence-corrected chi connectivity index (χ0v) is 17.0. The third-order valence-electron chi connectivity index (χ3n) is 4.27. The number of ether oxygens (including phenoxy) is 4. The first-order valence-corrected chi connectivity index (χ1v) is 9.49. The highest BCUT2D eigenvalue weighted by Gasteiger charge is 2.14. The molecule has 160 valence electrons. The Labute approximate surface area is 174 Å². The molecule has 0 saturated heterocycles. The number of rotatable bonds is 8. The molecule has 0 atom stereocenters. The molecule has 9 nitrogen and oxygen atoms in total. The maximum atomic E-state index is 12.1. The van der Waals surface area contributed by atoms with Gasteiger partial charge in [0.15, 0.2) is 11.5 Å². The largest absolute Gasteiger partial charge is 0.497 e. The topological polar surface area (TPSA) is 98.4 Å². The van der Waals surface area contributed by atoms with Crippen molar-refractivity contribution in [3.63, 3.8) is 0 Å². The molecule has 0 fully saturated rings. The summed E-state index contributed by atoms with van der Waals surface area (Å²) in [4.78, 5) is 25.9. The number of carbonyl (C=O) groups is 2. The Bertz CT molecular complexity index is 872. The summed E-state index contributed by atoms with van der Waals surface area (Å²) in [5.41, 5.74) is 0.505. The maximum Gasteiger partial charge on any atom is 0.325 e. The first-order valence-electron chi connectivity index (χ1n) is 9.49. The Balaban J connectivity index is 1.37. The summed E-state index contributed by atoms with van der Waals surface area (Å²) >= 11 is 0. The van der Waals surface area contributed by atoms with Gasteiger partial charge in [0.2, 0.25) is 5.91 Å². The van der Waals surface area contributed by atoms with Crippen molar-refractivity contribution >= 4 is 17.6 Å². The van der Waals surface area contributed by atoms with Crippen molar-refractivity contribution in [2.75, 3.05) is 52.4 Å². The van der Waals surface area contributed by atoms with Crippen molar-refractivity contribution in [2.45, 2.75) is 0 Å². The van der Waals surface area contributed by atoms with E-state index in [4.69, 9.17) is 18.9 Å². The van der Waals surface area contributed by atoms with E-state index in [2.05, 4.69) is 10.6 Å². The number of fused-ring (bicyclic) bond motifs is 1. The first-order chi connectivity index (χ1) is 14.5. The molecule has 1 heterocycles. The van der Waals surface area contributed by atoms with Crippen LogP contribution in [-0.4, -0.2) is 63.9 Å². The number of carbonyl (C=O) groups excluding carboxylic acids is 2. The van der Waals surface area contributed by atoms with Crippen molar-refractivity contribution in [2.24, 2.45) is 0 Å². The number of benzene rings is 2. The lowest BCUT2D eigenvalue weighted by atomic mass is 10.2. The predicted octanol–water partition coefficient (Wildman–Crippen LogP) is 2.13. The Morgan fingerprint density at radius 1 is 1.03 bits per heavy atom. The van der Waals surface area contributed by atoms with Gasteiger partial charge < -0.3 is 24.3 Å². The highest BCUT2D eigenvalue weighted by atomic mass is 16.6. The van der Waals surface area contributed by atoms with Crippen LogP contribution >= 0.6 is 0 Å². The molecule has 1 aliphatic heterocycles. The average Bonchev–Trinajstić information content (AvgIpc) is 2.74. The standard InChI is InChI=1S/C21H25N3O6/c1-24(9-10-28-17-6-4-16(27-2)5-7-17)14-20(25)23-21(26)22-15-3-8-18-19(13-15)30-12-11-29-18/h3-8,13H,9-12,14H2,1-2H3,(H2,22,23,25,26). The predicted molar refractivity (Wildman–Crippen MR) is 111 cm³/mol. The van der Waals surface area contributed by atoms with Gasteiger partial charge in [-0.3, -0.25) is 15.0 Å². The van der Waals surface area contributed by atoms with Crippen molar-refractivity contribution in [3.8, 4) is 23.0 Å². The van der Waals surface area contributed by atoms with Gasteiger partial charge in [-0.25, -0.2) is 4.79 Å². The maximum absolute atomic E-state index is 12.1. The summed E-state index contributed by atoms with van der Waals surface area (Å²) in [5.74, 6) is 2.24. The van der Waals surface area contributed by atoms with Crippen molar-refractivity contribution < 1.29 is 28.5 Å². The zero-order valence-electron chi connectivity index (χ0n) is 17.0. The fourth-order valence-electron chi connectivity index (χ4n) is 2.77. The number of imide groups is 1. The van der Waals surface area contributed by atoms with Gasteiger partial charge in [-0.15, -0.1) is 0 Å². The monoisotopic (exact) mass is 415 g/mol. The van der Waals surface area contributed by atoms with E-state index < -0.39 is 11.9 Å². The van der Waals surface area contributed by atoms with Crippen LogP contribution in [0.1, 0.15) is 0 Å². The summed E-state index contributed by atoms with van der Waals surface area (Å²) in [6.07, 6.45) is 0. The van der Waals surface area contributed by atoms with Crippen LogP contribution in [0, 0.1) is 0 Å². The van der Waals surface area contributed by atoms with Crippen LogP contribution in [0.2, 0.25) is 0 Å². The van der Waals surface area contributed by atoms with Gasteiger partial charge in [0, 0.05) is 18.3 Å². The molecule has 30 heavy (non-hydrogen) atoms. The summed E-state index contributed by atoms with van der Waals surface area (Å²) in [5, 5.41) is 4.91. The minimum absolute atomic E-state index is 0.0561. The van der Waals surface area contributed by atoms with E-state index in [1.165, 1.54) is 0 Å². The summed E-state index contributed by atoms with van der Waals surface area (Å²) in [6, 6.07) is 11.7. The van der Waals surface area contributed by atoms with E-state index in [0.29, 0.717) is 49.3 Å². The van der Waals surface area contributed by atoms with Gasteiger partial charge in [0.1, 0.15) is 31.3 Å². The molecule has 2 N–H and O–H groups in total. The van der Waals surface area contributed by atoms with Crippen LogP contribution in [0.25, 0.3) is 0 Å². The van der Waals surface area contributed by atoms with Gasteiger partial charge in [0.25, 0.3) is 0 Å². The minimum Gasteiger partial charge on any atom is -0.497 e. The number of likely N-dealkylation sites (N-methyl/N-ethyl adjacent to an activating group) is 1. The van der Waals surface area contributed by atoms with E-state index >= 15 is 0 Å². The molecule has 0 bridgehead atoms. The van der Waals surface area contributed by atoms with E-state index in [-0.39, 0.29) is 6.54 Å². The average molecular weight is 415 g/mol. The number of hydrogen-bond acceptors (Lipinski definition) is 7. The van der Waals surface area contributed by atoms with Gasteiger partial charge in [-0.2, -0.15) is 0 Å². The molecule has 0 radical (unpaired) electrons. The summed E-state index contributed by atoms with van der Waals surface area (Å²) in [7, 11) is 3.38. The molecule has 3 amide bonds. The molecule has 0 aromatic heterocycles. The van der Waals surface area contributed by atoms with E-state index in [1.54, 1.807) is 37.3 Å². The van der Waals surface area contributed by atoms with E-state index in [9.17, 15) is 9.59 Å². The number of hydrogen-bond donors (Lipinski definition) is 2. The van der Waals surface area contributed by atoms with Crippen molar-refractivity contribution in [1.29, 1.82) is 0 Å². The zero-order chi connectivity index (χ0) is 21.3. The normalized spacial score (nSPS) is 12.2. The second-order valence-corrected chi connectivity index (χ2v) is 6.62. The second kappa shape index (κ2) is 10.4. The van der Waals surface area contributed by atoms with Crippen LogP contribution in [-0.2, 0) is 4.79 Å². The van der Waals surface area contributed by atoms with Crippen LogP contribution in [0.15, 0.2) is 42.5 Å². The molecule has 9 heteroatoms. The molecule has 1 aliphatic rings. The molecule has 3 rings (SSSR count). The number of amides is 3. The Morgan fingerprint density at radius 2 is 1.73 bits per heavy atom. The van der Waals surface area contributed by atoms with E-state index in [0.717, 1.165) is 5.75 Å². The van der Waals surface area contributed by atoms with Gasteiger partial charge in [-0.1, -0.05) is 0 Å². The van der Waals surface area contributed by atoms with Crippen LogP contribution < -0.4 is 29.6 Å². The number of nitrogens with zero attached hydrogens (tertiary/aromatic N) is 1. The lowest BCUT2D eigenvalue weighted by Gasteiger charge is -2.19. The molecule has 0 saturated carbocycles. The fourth-order valence-corrected chi connectivity index (χ4v) is 2.77. The lowest BCUT2D eigenvalue weighted by Crippen LogP contribution is -2.41. The molecule has 2 aromatic rings. The third-order valence-corrected chi connectivity index (χ3v) is 4.27.